The molecule has 29 heavy (non-hydrogen) atoms. The van der Waals surface area contributed by atoms with Crippen LogP contribution < -0.4 is 14.9 Å². The van der Waals surface area contributed by atoms with Crippen LogP contribution in [0.3, 0.4) is 0 Å². The number of hydrogen-bond acceptors (Lipinski definition) is 5. The molecule has 156 valence electrons. The van der Waals surface area contributed by atoms with E-state index in [1.165, 1.54) is 0 Å². The predicted molar refractivity (Wildman–Crippen MR) is 115 cm³/mol. The summed E-state index contributed by atoms with van der Waals surface area (Å²) in [5.74, 6) is 1.48. The van der Waals surface area contributed by atoms with Crippen molar-refractivity contribution in [1.29, 1.82) is 0 Å². The fourth-order valence-corrected chi connectivity index (χ4v) is 2.90. The molecule has 0 atom stereocenters. The van der Waals surface area contributed by atoms with Gasteiger partial charge in [0, 0.05) is 12.7 Å². The van der Waals surface area contributed by atoms with E-state index in [2.05, 4.69) is 24.4 Å². The Morgan fingerprint density at radius 3 is 2.52 bits per heavy atom. The summed E-state index contributed by atoms with van der Waals surface area (Å²) in [5.41, 5.74) is 7.19. The van der Waals surface area contributed by atoms with Crippen molar-refractivity contribution in [2.24, 2.45) is 5.10 Å². The van der Waals surface area contributed by atoms with E-state index < -0.39 is 0 Å². The number of methoxy groups -OCH3 is 2. The SMILES string of the molecule is COCc1cc(/C(C)=N\NC(=O)COc2cc(C)ccc2C(C)C)ccc1OC. The fourth-order valence-electron chi connectivity index (χ4n) is 2.90. The van der Waals surface area contributed by atoms with Crippen LogP contribution in [0, 0.1) is 6.92 Å². The maximum Gasteiger partial charge on any atom is 0.277 e. The lowest BCUT2D eigenvalue weighted by Gasteiger charge is -2.14. The van der Waals surface area contributed by atoms with Crippen molar-refractivity contribution in [2.75, 3.05) is 20.8 Å². The van der Waals surface area contributed by atoms with Crippen molar-refractivity contribution in [3.05, 3.63) is 58.7 Å². The number of rotatable bonds is 9. The highest BCUT2D eigenvalue weighted by molar-refractivity contribution is 5.99. The molecule has 0 spiro atoms. The summed E-state index contributed by atoms with van der Waals surface area (Å²) in [4.78, 5) is 12.2. The first-order chi connectivity index (χ1) is 13.8. The number of hydrogen-bond donors (Lipinski definition) is 1. The molecule has 6 nitrogen and oxygen atoms in total. The van der Waals surface area contributed by atoms with Crippen LogP contribution in [-0.2, 0) is 16.1 Å². The number of ether oxygens (including phenoxy) is 3. The van der Waals surface area contributed by atoms with Gasteiger partial charge in [-0.05, 0) is 60.7 Å². The third-order valence-electron chi connectivity index (χ3n) is 4.50. The zero-order valence-corrected chi connectivity index (χ0v) is 18.0. The molecule has 0 aliphatic heterocycles. The van der Waals surface area contributed by atoms with Crippen LogP contribution in [0.25, 0.3) is 0 Å². The first kappa shape index (κ1) is 22.4. The average molecular weight is 399 g/mol. The Morgan fingerprint density at radius 1 is 1.10 bits per heavy atom. The van der Waals surface area contributed by atoms with Gasteiger partial charge in [0.05, 0.1) is 19.4 Å². The minimum Gasteiger partial charge on any atom is -0.496 e. The van der Waals surface area contributed by atoms with Crippen LogP contribution in [0.4, 0.5) is 0 Å². The first-order valence-electron chi connectivity index (χ1n) is 9.58. The highest BCUT2D eigenvalue weighted by atomic mass is 16.5. The van der Waals surface area contributed by atoms with Crippen molar-refractivity contribution >= 4 is 11.6 Å². The third-order valence-corrected chi connectivity index (χ3v) is 4.50. The molecule has 0 heterocycles. The van der Waals surface area contributed by atoms with Crippen LogP contribution in [-0.4, -0.2) is 32.4 Å². The number of carbonyl (C=O) groups is 1. The normalized spacial score (nSPS) is 11.5. The largest absolute Gasteiger partial charge is 0.496 e. The zero-order valence-electron chi connectivity index (χ0n) is 18.0. The smallest absolute Gasteiger partial charge is 0.277 e. The van der Waals surface area contributed by atoms with E-state index in [4.69, 9.17) is 14.2 Å². The Morgan fingerprint density at radius 2 is 1.86 bits per heavy atom. The molecule has 2 aromatic carbocycles. The van der Waals surface area contributed by atoms with E-state index >= 15 is 0 Å². The summed E-state index contributed by atoms with van der Waals surface area (Å²) >= 11 is 0. The van der Waals surface area contributed by atoms with Gasteiger partial charge in [-0.25, -0.2) is 5.43 Å². The second-order valence-electron chi connectivity index (χ2n) is 7.18. The number of hydrazone groups is 1. The molecule has 0 aromatic heterocycles. The lowest BCUT2D eigenvalue weighted by Crippen LogP contribution is -2.26. The Hall–Kier alpha value is -2.86. The quantitative estimate of drug-likeness (QED) is 0.508. The van der Waals surface area contributed by atoms with Crippen molar-refractivity contribution in [3.63, 3.8) is 0 Å². The van der Waals surface area contributed by atoms with Gasteiger partial charge in [0.15, 0.2) is 6.61 Å². The predicted octanol–water partition coefficient (Wildman–Crippen LogP) is 4.19. The van der Waals surface area contributed by atoms with Crippen molar-refractivity contribution < 1.29 is 19.0 Å². The number of aryl methyl sites for hydroxylation is 1. The molecule has 0 saturated heterocycles. The third kappa shape index (κ3) is 6.32. The molecule has 2 rings (SSSR count). The van der Waals surface area contributed by atoms with Crippen LogP contribution in [0.1, 0.15) is 48.9 Å². The molecule has 0 aliphatic rings. The molecule has 1 amide bonds. The van der Waals surface area contributed by atoms with Gasteiger partial charge in [0.2, 0.25) is 0 Å². The van der Waals surface area contributed by atoms with E-state index in [9.17, 15) is 4.79 Å². The fraction of sp³-hybridized carbons (Fsp3) is 0.391. The summed E-state index contributed by atoms with van der Waals surface area (Å²) in [5, 5.41) is 4.19. The number of benzene rings is 2. The Labute approximate surface area is 172 Å². The molecule has 0 fully saturated rings. The van der Waals surface area contributed by atoms with E-state index in [-0.39, 0.29) is 12.5 Å². The van der Waals surface area contributed by atoms with Crippen LogP contribution >= 0.6 is 0 Å². The number of amides is 1. The highest BCUT2D eigenvalue weighted by Gasteiger charge is 2.11. The van der Waals surface area contributed by atoms with Crippen LogP contribution in [0.15, 0.2) is 41.5 Å². The van der Waals surface area contributed by atoms with Crippen molar-refractivity contribution in [3.8, 4) is 11.5 Å². The van der Waals surface area contributed by atoms with Gasteiger partial charge in [-0.2, -0.15) is 5.10 Å². The Bertz CT molecular complexity index is 875. The van der Waals surface area contributed by atoms with Crippen LogP contribution in [0.5, 0.6) is 11.5 Å². The number of nitrogens with zero attached hydrogens (tertiary/aromatic N) is 1. The minimum absolute atomic E-state index is 0.0997. The monoisotopic (exact) mass is 398 g/mol. The molecule has 0 unspecified atom stereocenters. The average Bonchev–Trinajstić information content (AvgIpc) is 2.70. The molecular formula is C23H30N2O4. The Kier molecular flexibility index (Phi) is 8.21. The van der Waals surface area contributed by atoms with E-state index in [1.807, 2.05) is 50.2 Å². The molecule has 0 saturated carbocycles. The summed E-state index contributed by atoms with van der Waals surface area (Å²) < 4.78 is 16.3. The van der Waals surface area contributed by atoms with E-state index in [0.29, 0.717) is 18.2 Å². The van der Waals surface area contributed by atoms with Gasteiger partial charge in [-0.15, -0.1) is 0 Å². The molecule has 6 heteroatoms. The molecular weight excluding hydrogens is 368 g/mol. The van der Waals surface area contributed by atoms with E-state index in [0.717, 1.165) is 33.8 Å². The van der Waals surface area contributed by atoms with Gasteiger partial charge >= 0.3 is 0 Å². The van der Waals surface area contributed by atoms with Gasteiger partial charge in [0.25, 0.3) is 5.91 Å². The second-order valence-corrected chi connectivity index (χ2v) is 7.18. The standard InChI is InChI=1S/C23H30N2O4/c1-15(2)20-9-7-16(3)11-22(20)29-14-23(26)25-24-17(4)18-8-10-21(28-6)19(12-18)13-27-5/h7-12,15H,13-14H2,1-6H3,(H,25,26)/b24-17-. The van der Waals surface area contributed by atoms with Crippen molar-refractivity contribution in [2.45, 2.75) is 40.2 Å². The molecule has 0 aliphatic carbocycles. The van der Waals surface area contributed by atoms with Gasteiger partial charge in [0.1, 0.15) is 11.5 Å². The highest BCUT2D eigenvalue weighted by Crippen LogP contribution is 2.27. The molecule has 1 N–H and O–H groups in total. The first-order valence-corrected chi connectivity index (χ1v) is 9.58. The van der Waals surface area contributed by atoms with Crippen LogP contribution in [0.2, 0.25) is 0 Å². The zero-order chi connectivity index (χ0) is 21.4. The molecule has 2 aromatic rings. The summed E-state index contributed by atoms with van der Waals surface area (Å²) in [7, 11) is 3.25. The molecule has 0 radical (unpaired) electrons. The lowest BCUT2D eigenvalue weighted by atomic mass is 10.0. The minimum atomic E-state index is -0.314. The molecule has 0 bridgehead atoms. The van der Waals surface area contributed by atoms with E-state index in [1.54, 1.807) is 14.2 Å². The van der Waals surface area contributed by atoms with Crippen molar-refractivity contribution in [1.82, 2.24) is 5.43 Å². The maximum absolute atomic E-state index is 12.2. The summed E-state index contributed by atoms with van der Waals surface area (Å²) in [6, 6.07) is 11.7. The summed E-state index contributed by atoms with van der Waals surface area (Å²) in [6.07, 6.45) is 0. The topological polar surface area (TPSA) is 69.2 Å². The van der Waals surface area contributed by atoms with Gasteiger partial charge < -0.3 is 14.2 Å². The lowest BCUT2D eigenvalue weighted by molar-refractivity contribution is -0.123. The number of carbonyl (C=O) groups excluding carboxylic acids is 1. The Balaban J connectivity index is 2.02. The number of nitrogens with one attached hydrogen (secondary N) is 1. The van der Waals surface area contributed by atoms with Gasteiger partial charge in [-0.3, -0.25) is 4.79 Å². The second kappa shape index (κ2) is 10.6. The van der Waals surface area contributed by atoms with Gasteiger partial charge in [-0.1, -0.05) is 26.0 Å². The maximum atomic E-state index is 12.2. The summed E-state index contributed by atoms with van der Waals surface area (Å²) in [6.45, 7) is 8.35.